The van der Waals surface area contributed by atoms with Crippen LogP contribution in [0.1, 0.15) is 18.7 Å². The molecule has 3 aromatic rings. The van der Waals surface area contributed by atoms with E-state index in [1.165, 1.54) is 0 Å². The number of hydrogen-bond donors (Lipinski definition) is 2. The zero-order valence-corrected chi connectivity index (χ0v) is 11.2. The normalized spacial score (nSPS) is 12.1. The van der Waals surface area contributed by atoms with Gasteiger partial charge in [0.05, 0.1) is 17.4 Å². The third-order valence-corrected chi connectivity index (χ3v) is 3.19. The highest BCUT2D eigenvalue weighted by Crippen LogP contribution is 2.23. The average molecular weight is 264 g/mol. The van der Waals surface area contributed by atoms with Crippen LogP contribution in [-0.2, 0) is 0 Å². The molecule has 0 radical (unpaired) electrons. The van der Waals surface area contributed by atoms with Crippen molar-refractivity contribution < 1.29 is 0 Å². The third-order valence-electron chi connectivity index (χ3n) is 3.19. The zero-order valence-electron chi connectivity index (χ0n) is 11.2. The van der Waals surface area contributed by atoms with Crippen molar-refractivity contribution in [2.24, 2.45) is 0 Å². The predicted molar refractivity (Wildman–Crippen MR) is 80.3 cm³/mol. The SMILES string of the molecule is CC(Nc1cccc(-c2ccn[nH]2)c1)c1ccccn1. The second-order valence-corrected chi connectivity index (χ2v) is 4.67. The summed E-state index contributed by atoms with van der Waals surface area (Å²) in [6.45, 7) is 2.10. The number of nitrogens with one attached hydrogen (secondary N) is 2. The predicted octanol–water partition coefficient (Wildman–Crippen LogP) is 3.64. The van der Waals surface area contributed by atoms with Crippen LogP contribution in [-0.4, -0.2) is 15.2 Å². The van der Waals surface area contributed by atoms with E-state index < -0.39 is 0 Å². The van der Waals surface area contributed by atoms with Gasteiger partial charge in [0.2, 0.25) is 0 Å². The number of nitrogens with zero attached hydrogens (tertiary/aromatic N) is 2. The molecule has 4 nitrogen and oxygen atoms in total. The Morgan fingerprint density at radius 2 is 2.00 bits per heavy atom. The van der Waals surface area contributed by atoms with Crippen molar-refractivity contribution in [2.75, 3.05) is 5.32 Å². The van der Waals surface area contributed by atoms with Crippen LogP contribution in [0.5, 0.6) is 0 Å². The lowest BCUT2D eigenvalue weighted by molar-refractivity contribution is 0.839. The van der Waals surface area contributed by atoms with Crippen molar-refractivity contribution in [3.63, 3.8) is 0 Å². The van der Waals surface area contributed by atoms with Crippen molar-refractivity contribution in [2.45, 2.75) is 13.0 Å². The smallest absolute Gasteiger partial charge is 0.0657 e. The van der Waals surface area contributed by atoms with Crippen LogP contribution >= 0.6 is 0 Å². The minimum absolute atomic E-state index is 0.160. The summed E-state index contributed by atoms with van der Waals surface area (Å²) in [6, 6.07) is 16.3. The van der Waals surface area contributed by atoms with E-state index in [2.05, 4.69) is 45.6 Å². The molecule has 4 heteroatoms. The van der Waals surface area contributed by atoms with Gasteiger partial charge in [-0.25, -0.2) is 0 Å². The van der Waals surface area contributed by atoms with E-state index in [0.29, 0.717) is 0 Å². The summed E-state index contributed by atoms with van der Waals surface area (Å²) in [7, 11) is 0. The highest BCUT2D eigenvalue weighted by molar-refractivity contribution is 5.64. The summed E-state index contributed by atoms with van der Waals surface area (Å²) in [6.07, 6.45) is 3.57. The van der Waals surface area contributed by atoms with E-state index in [-0.39, 0.29) is 6.04 Å². The fourth-order valence-corrected chi connectivity index (χ4v) is 2.15. The maximum absolute atomic E-state index is 4.37. The number of benzene rings is 1. The van der Waals surface area contributed by atoms with Crippen molar-refractivity contribution in [1.82, 2.24) is 15.2 Å². The van der Waals surface area contributed by atoms with Gasteiger partial charge in [-0.15, -0.1) is 0 Å². The lowest BCUT2D eigenvalue weighted by atomic mass is 10.1. The number of aromatic nitrogens is 3. The van der Waals surface area contributed by atoms with Crippen LogP contribution in [0.3, 0.4) is 0 Å². The first-order valence-corrected chi connectivity index (χ1v) is 6.60. The minimum Gasteiger partial charge on any atom is -0.377 e. The van der Waals surface area contributed by atoms with E-state index in [1.807, 2.05) is 36.5 Å². The quantitative estimate of drug-likeness (QED) is 0.756. The molecule has 1 atom stereocenters. The molecule has 0 aliphatic heterocycles. The Balaban J connectivity index is 1.80. The van der Waals surface area contributed by atoms with Crippen LogP contribution < -0.4 is 5.32 Å². The Labute approximate surface area is 117 Å². The average Bonchev–Trinajstić information content (AvgIpc) is 3.03. The molecule has 0 bridgehead atoms. The molecular weight excluding hydrogens is 248 g/mol. The Bertz CT molecular complexity index is 662. The van der Waals surface area contributed by atoms with Gasteiger partial charge in [0.1, 0.15) is 0 Å². The second kappa shape index (κ2) is 5.57. The first kappa shape index (κ1) is 12.4. The van der Waals surface area contributed by atoms with Gasteiger partial charge >= 0.3 is 0 Å². The van der Waals surface area contributed by atoms with E-state index in [0.717, 1.165) is 22.6 Å². The van der Waals surface area contributed by atoms with Gasteiger partial charge in [-0.2, -0.15) is 5.10 Å². The molecule has 3 rings (SSSR count). The highest BCUT2D eigenvalue weighted by atomic mass is 15.1. The number of H-pyrrole nitrogens is 1. The van der Waals surface area contributed by atoms with Gasteiger partial charge in [-0.1, -0.05) is 18.2 Å². The van der Waals surface area contributed by atoms with Crippen molar-refractivity contribution >= 4 is 5.69 Å². The summed E-state index contributed by atoms with van der Waals surface area (Å²) >= 11 is 0. The fourth-order valence-electron chi connectivity index (χ4n) is 2.15. The monoisotopic (exact) mass is 264 g/mol. The van der Waals surface area contributed by atoms with Gasteiger partial charge in [-0.3, -0.25) is 10.1 Å². The highest BCUT2D eigenvalue weighted by Gasteiger charge is 2.07. The molecule has 0 fully saturated rings. The summed E-state index contributed by atoms with van der Waals surface area (Å²) in [5, 5.41) is 10.4. The lowest BCUT2D eigenvalue weighted by Gasteiger charge is -2.15. The van der Waals surface area contributed by atoms with Gasteiger partial charge < -0.3 is 5.32 Å². The Kier molecular flexibility index (Phi) is 3.46. The van der Waals surface area contributed by atoms with E-state index in [1.54, 1.807) is 6.20 Å². The van der Waals surface area contributed by atoms with Crippen LogP contribution in [0.4, 0.5) is 5.69 Å². The molecule has 0 aliphatic rings. The Morgan fingerprint density at radius 3 is 2.75 bits per heavy atom. The molecule has 2 N–H and O–H groups in total. The molecule has 2 heterocycles. The maximum Gasteiger partial charge on any atom is 0.0657 e. The molecule has 2 aromatic heterocycles. The standard InChI is InChI=1S/C16H16N4/c1-12(15-7-2-3-9-17-15)19-14-6-4-5-13(11-14)16-8-10-18-20-16/h2-12,19H,1H3,(H,18,20). The van der Waals surface area contributed by atoms with Crippen LogP contribution in [0.2, 0.25) is 0 Å². The van der Waals surface area contributed by atoms with Crippen LogP contribution in [0.25, 0.3) is 11.3 Å². The van der Waals surface area contributed by atoms with E-state index >= 15 is 0 Å². The van der Waals surface area contributed by atoms with Crippen LogP contribution in [0.15, 0.2) is 60.9 Å². The number of aromatic amines is 1. The molecule has 0 saturated heterocycles. The molecule has 0 amide bonds. The third kappa shape index (κ3) is 2.69. The number of anilines is 1. The molecule has 1 aromatic carbocycles. The second-order valence-electron chi connectivity index (χ2n) is 4.67. The van der Waals surface area contributed by atoms with Crippen molar-refractivity contribution in [3.05, 3.63) is 66.6 Å². The lowest BCUT2D eigenvalue weighted by Crippen LogP contribution is -2.08. The first-order chi connectivity index (χ1) is 9.83. The molecule has 100 valence electrons. The molecule has 1 unspecified atom stereocenters. The summed E-state index contributed by atoms with van der Waals surface area (Å²) in [5.41, 5.74) is 4.22. The Hall–Kier alpha value is -2.62. The largest absolute Gasteiger partial charge is 0.377 e. The van der Waals surface area contributed by atoms with Crippen molar-refractivity contribution in [1.29, 1.82) is 0 Å². The fraction of sp³-hybridized carbons (Fsp3) is 0.125. The van der Waals surface area contributed by atoms with E-state index in [4.69, 9.17) is 0 Å². The minimum atomic E-state index is 0.160. The van der Waals surface area contributed by atoms with Gasteiger partial charge in [0.15, 0.2) is 0 Å². The topological polar surface area (TPSA) is 53.6 Å². The molecule has 0 spiro atoms. The van der Waals surface area contributed by atoms with Gasteiger partial charge in [0, 0.05) is 23.6 Å². The van der Waals surface area contributed by atoms with Gasteiger partial charge in [-0.05, 0) is 37.3 Å². The number of hydrogen-bond acceptors (Lipinski definition) is 3. The molecule has 0 saturated carbocycles. The zero-order chi connectivity index (χ0) is 13.8. The van der Waals surface area contributed by atoms with Crippen LogP contribution in [0, 0.1) is 0 Å². The molecule has 0 aliphatic carbocycles. The number of rotatable bonds is 4. The summed E-state index contributed by atoms with van der Waals surface area (Å²) < 4.78 is 0. The maximum atomic E-state index is 4.37. The van der Waals surface area contributed by atoms with E-state index in [9.17, 15) is 0 Å². The number of pyridine rings is 1. The molecule has 20 heavy (non-hydrogen) atoms. The summed E-state index contributed by atoms with van der Waals surface area (Å²) in [4.78, 5) is 4.37. The molecular formula is C16H16N4. The van der Waals surface area contributed by atoms with Crippen molar-refractivity contribution in [3.8, 4) is 11.3 Å². The van der Waals surface area contributed by atoms with Gasteiger partial charge in [0.25, 0.3) is 0 Å². The summed E-state index contributed by atoms with van der Waals surface area (Å²) in [5.74, 6) is 0. The Morgan fingerprint density at radius 1 is 1.05 bits per heavy atom. The first-order valence-electron chi connectivity index (χ1n) is 6.60.